The van der Waals surface area contributed by atoms with Crippen molar-refractivity contribution in [2.75, 3.05) is 12.0 Å². The number of hydrogen-bond donors (Lipinski definition) is 1. The lowest BCUT2D eigenvalue weighted by Crippen LogP contribution is -2.51. The Bertz CT molecular complexity index is 362. The summed E-state index contributed by atoms with van der Waals surface area (Å²) >= 11 is -1.91. The number of sulfone groups is 1. The third kappa shape index (κ3) is 7.45. The van der Waals surface area contributed by atoms with Gasteiger partial charge in [0.25, 0.3) is 0 Å². The molecule has 1 unspecified atom stereocenters. The third-order valence-corrected chi connectivity index (χ3v) is 4.57. The Balaban J connectivity index is 4.73. The van der Waals surface area contributed by atoms with Gasteiger partial charge in [-0.05, 0) is 27.2 Å². The lowest BCUT2D eigenvalue weighted by molar-refractivity contribution is -0.151. The average Bonchev–Trinajstić information content (AvgIpc) is 2.06. The number of rotatable bonds is 5. The maximum absolute atomic E-state index is 12.7. The quantitative estimate of drug-likeness (QED) is 0.780. The van der Waals surface area contributed by atoms with E-state index in [1.807, 2.05) is 4.72 Å². The SMILES string of the molecule is CC(C)(C)[S+]([O-])N[C@@H](CCS(C)(=O)=O)C(F)(F)F. The summed E-state index contributed by atoms with van der Waals surface area (Å²) in [6.07, 6.45) is -4.42. The zero-order chi connectivity index (χ0) is 14.8. The van der Waals surface area contributed by atoms with Gasteiger partial charge in [-0.1, -0.05) is 0 Å². The molecule has 9 heteroatoms. The van der Waals surface area contributed by atoms with Crippen LogP contribution in [-0.2, 0) is 21.2 Å². The molecule has 0 aliphatic heterocycles. The molecule has 0 radical (unpaired) electrons. The van der Waals surface area contributed by atoms with E-state index in [2.05, 4.69) is 0 Å². The van der Waals surface area contributed by atoms with Crippen LogP contribution in [-0.4, -0.2) is 41.9 Å². The molecule has 0 rings (SSSR count). The summed E-state index contributed by atoms with van der Waals surface area (Å²) in [7, 11) is -3.49. The summed E-state index contributed by atoms with van der Waals surface area (Å²) in [5.74, 6) is -0.606. The van der Waals surface area contributed by atoms with E-state index in [0.29, 0.717) is 0 Å². The van der Waals surface area contributed by atoms with Gasteiger partial charge in [0.15, 0.2) is 0 Å². The smallest absolute Gasteiger partial charge is 0.408 e. The topological polar surface area (TPSA) is 69.2 Å². The molecule has 0 aliphatic carbocycles. The zero-order valence-electron chi connectivity index (χ0n) is 10.7. The molecule has 0 aromatic heterocycles. The summed E-state index contributed by atoms with van der Waals surface area (Å²) < 4.78 is 72.4. The van der Waals surface area contributed by atoms with Crippen molar-refractivity contribution in [1.29, 1.82) is 0 Å². The molecule has 18 heavy (non-hydrogen) atoms. The third-order valence-electron chi connectivity index (χ3n) is 1.98. The van der Waals surface area contributed by atoms with Gasteiger partial charge in [-0.3, -0.25) is 0 Å². The molecule has 0 fully saturated rings. The van der Waals surface area contributed by atoms with Gasteiger partial charge in [0.05, 0.1) is 5.75 Å². The molecule has 0 saturated carbocycles. The molecule has 0 aromatic carbocycles. The van der Waals surface area contributed by atoms with Crippen molar-refractivity contribution < 1.29 is 26.1 Å². The van der Waals surface area contributed by atoms with Crippen molar-refractivity contribution in [1.82, 2.24) is 4.72 Å². The van der Waals surface area contributed by atoms with Gasteiger partial charge < -0.3 is 4.55 Å². The van der Waals surface area contributed by atoms with Gasteiger partial charge in [-0.15, -0.1) is 4.72 Å². The second-order valence-corrected chi connectivity index (χ2v) is 9.27. The van der Waals surface area contributed by atoms with Gasteiger partial charge >= 0.3 is 6.18 Å². The van der Waals surface area contributed by atoms with Crippen LogP contribution >= 0.6 is 0 Å². The van der Waals surface area contributed by atoms with E-state index in [0.717, 1.165) is 6.26 Å². The van der Waals surface area contributed by atoms with E-state index in [-0.39, 0.29) is 0 Å². The maximum atomic E-state index is 12.7. The molecule has 4 nitrogen and oxygen atoms in total. The molecule has 110 valence electrons. The fourth-order valence-electron chi connectivity index (χ4n) is 0.927. The van der Waals surface area contributed by atoms with Crippen molar-refractivity contribution >= 4 is 21.2 Å². The van der Waals surface area contributed by atoms with E-state index >= 15 is 0 Å². The normalized spacial score (nSPS) is 17.6. The fourth-order valence-corrected chi connectivity index (χ4v) is 2.45. The first-order chi connectivity index (χ1) is 7.73. The highest BCUT2D eigenvalue weighted by Crippen LogP contribution is 2.25. The minimum atomic E-state index is -4.63. The molecule has 0 saturated heterocycles. The van der Waals surface area contributed by atoms with E-state index in [4.69, 9.17) is 0 Å². The van der Waals surface area contributed by atoms with Gasteiger partial charge in [0.1, 0.15) is 20.6 Å². The van der Waals surface area contributed by atoms with Gasteiger partial charge in [0, 0.05) is 17.6 Å². The Labute approximate surface area is 109 Å². The van der Waals surface area contributed by atoms with Crippen LogP contribution in [0.3, 0.4) is 0 Å². The second kappa shape index (κ2) is 5.98. The van der Waals surface area contributed by atoms with Gasteiger partial charge in [-0.25, -0.2) is 8.42 Å². The molecular formula is C9H18F3NO3S2. The highest BCUT2D eigenvalue weighted by Gasteiger charge is 2.44. The van der Waals surface area contributed by atoms with E-state index < -0.39 is 50.3 Å². The number of alkyl halides is 3. The first-order valence-electron chi connectivity index (χ1n) is 5.16. The molecule has 0 aromatic rings. The van der Waals surface area contributed by atoms with Crippen molar-refractivity contribution in [2.45, 2.75) is 44.2 Å². The number of nitrogens with one attached hydrogen (secondary N) is 1. The van der Waals surface area contributed by atoms with Crippen LogP contribution in [0.4, 0.5) is 13.2 Å². The van der Waals surface area contributed by atoms with Crippen molar-refractivity contribution in [2.24, 2.45) is 0 Å². The van der Waals surface area contributed by atoms with E-state index in [9.17, 15) is 26.1 Å². The van der Waals surface area contributed by atoms with Gasteiger partial charge in [0.2, 0.25) is 0 Å². The maximum Gasteiger partial charge on any atom is 0.408 e. The first-order valence-corrected chi connectivity index (χ1v) is 8.37. The Morgan fingerprint density at radius 3 is 2.00 bits per heavy atom. The van der Waals surface area contributed by atoms with Crippen molar-refractivity contribution in [3.63, 3.8) is 0 Å². The lowest BCUT2D eigenvalue weighted by Gasteiger charge is -2.28. The van der Waals surface area contributed by atoms with Crippen LogP contribution in [0.2, 0.25) is 0 Å². The summed E-state index contributed by atoms with van der Waals surface area (Å²) in [5, 5.41) is 0. The van der Waals surface area contributed by atoms with Crippen molar-refractivity contribution in [3.8, 4) is 0 Å². The summed E-state index contributed by atoms with van der Waals surface area (Å²) in [4.78, 5) is 0. The summed E-state index contributed by atoms with van der Waals surface area (Å²) in [6, 6.07) is -2.09. The fraction of sp³-hybridized carbons (Fsp3) is 1.00. The molecule has 0 bridgehead atoms. The molecule has 0 amide bonds. The largest absolute Gasteiger partial charge is 0.598 e. The standard InChI is InChI=1S/C9H18F3NO3S2/c1-8(2,3)17(14)13-7(9(10,11)12)5-6-18(4,15)16/h7,13H,5-6H2,1-4H3/t7-,17?/m0/s1. The Morgan fingerprint density at radius 2 is 1.72 bits per heavy atom. The Morgan fingerprint density at radius 1 is 1.28 bits per heavy atom. The van der Waals surface area contributed by atoms with Crippen LogP contribution in [0, 0.1) is 0 Å². The van der Waals surface area contributed by atoms with Crippen LogP contribution in [0.25, 0.3) is 0 Å². The average molecular weight is 309 g/mol. The zero-order valence-corrected chi connectivity index (χ0v) is 12.3. The number of halogens is 3. The van der Waals surface area contributed by atoms with E-state index in [1.165, 1.54) is 20.8 Å². The Hall–Kier alpha value is 0.01000. The molecule has 0 heterocycles. The minimum absolute atomic E-state index is 0.606. The lowest BCUT2D eigenvalue weighted by atomic mass is 10.2. The Kier molecular flexibility index (Phi) is 5.98. The molecular weight excluding hydrogens is 291 g/mol. The minimum Gasteiger partial charge on any atom is -0.598 e. The summed E-state index contributed by atoms with van der Waals surface area (Å²) in [6.45, 7) is 4.58. The first kappa shape index (κ1) is 18.0. The van der Waals surface area contributed by atoms with Crippen LogP contribution in [0.15, 0.2) is 0 Å². The van der Waals surface area contributed by atoms with Gasteiger partial charge in [-0.2, -0.15) is 13.2 Å². The van der Waals surface area contributed by atoms with Crippen LogP contribution in [0.5, 0.6) is 0 Å². The predicted molar refractivity (Wildman–Crippen MR) is 65.2 cm³/mol. The molecule has 2 atom stereocenters. The highest BCUT2D eigenvalue weighted by molar-refractivity contribution is 7.91. The summed E-state index contributed by atoms with van der Waals surface area (Å²) in [5.41, 5.74) is 0. The second-order valence-electron chi connectivity index (χ2n) is 5.01. The van der Waals surface area contributed by atoms with Crippen molar-refractivity contribution in [3.05, 3.63) is 0 Å². The monoisotopic (exact) mass is 309 g/mol. The molecule has 1 N–H and O–H groups in total. The highest BCUT2D eigenvalue weighted by atomic mass is 32.2. The van der Waals surface area contributed by atoms with Crippen LogP contribution in [0.1, 0.15) is 27.2 Å². The number of hydrogen-bond acceptors (Lipinski definition) is 4. The van der Waals surface area contributed by atoms with Crippen LogP contribution < -0.4 is 4.72 Å². The molecule has 0 aliphatic rings. The van der Waals surface area contributed by atoms with E-state index in [1.54, 1.807) is 0 Å². The molecule has 0 spiro atoms. The predicted octanol–water partition coefficient (Wildman–Crippen LogP) is 1.40.